The number of aliphatic hydroxyl groups is 1. The highest BCUT2D eigenvalue weighted by Crippen LogP contribution is 2.31. The molecule has 20 heavy (non-hydrogen) atoms. The first kappa shape index (κ1) is 15.0. The summed E-state index contributed by atoms with van der Waals surface area (Å²) in [5.41, 5.74) is 0. The monoisotopic (exact) mass is 278 g/mol. The smallest absolute Gasteiger partial charge is 0.135 e. The van der Waals surface area contributed by atoms with Gasteiger partial charge in [-0.1, -0.05) is 20.3 Å². The van der Waals surface area contributed by atoms with Gasteiger partial charge in [-0.2, -0.15) is 0 Å². The van der Waals surface area contributed by atoms with E-state index in [1.54, 1.807) is 0 Å². The molecule has 5 nitrogen and oxygen atoms in total. The molecule has 0 aromatic carbocycles. The lowest BCUT2D eigenvalue weighted by molar-refractivity contribution is 0.199. The van der Waals surface area contributed by atoms with Crippen molar-refractivity contribution in [3.8, 4) is 0 Å². The molecule has 0 radical (unpaired) electrons. The van der Waals surface area contributed by atoms with E-state index in [4.69, 9.17) is 0 Å². The lowest BCUT2D eigenvalue weighted by Crippen LogP contribution is -2.21. The molecule has 3 N–H and O–H groups in total. The Hall–Kier alpha value is -1.36. The Morgan fingerprint density at radius 2 is 1.95 bits per heavy atom. The molecule has 0 saturated heterocycles. The molecular weight excluding hydrogens is 252 g/mol. The lowest BCUT2D eigenvalue weighted by Gasteiger charge is -2.19. The first-order valence-corrected chi connectivity index (χ1v) is 7.55. The van der Waals surface area contributed by atoms with Gasteiger partial charge in [0, 0.05) is 32.2 Å². The second kappa shape index (κ2) is 6.88. The van der Waals surface area contributed by atoms with Gasteiger partial charge in [0.1, 0.15) is 17.5 Å². The van der Waals surface area contributed by atoms with Gasteiger partial charge in [-0.3, -0.25) is 0 Å². The molecule has 0 spiro atoms. The first-order valence-electron chi connectivity index (χ1n) is 7.55. The van der Waals surface area contributed by atoms with Crippen LogP contribution in [0.25, 0.3) is 0 Å². The van der Waals surface area contributed by atoms with Crippen LogP contribution in [-0.4, -0.2) is 35.3 Å². The predicted octanol–water partition coefficient (Wildman–Crippen LogP) is 2.46. The van der Waals surface area contributed by atoms with Gasteiger partial charge < -0.3 is 15.7 Å². The Bertz CT molecular complexity index is 436. The van der Waals surface area contributed by atoms with E-state index in [1.807, 2.05) is 13.1 Å². The summed E-state index contributed by atoms with van der Waals surface area (Å²) in [5, 5.41) is 15.9. The number of aliphatic hydroxyl groups excluding tert-OH is 1. The third-order valence-electron chi connectivity index (χ3n) is 4.11. The average Bonchev–Trinajstić information content (AvgIpc) is 2.92. The van der Waals surface area contributed by atoms with Gasteiger partial charge in [0.25, 0.3) is 0 Å². The van der Waals surface area contributed by atoms with Gasteiger partial charge in [-0.05, 0) is 24.7 Å². The average molecular weight is 278 g/mol. The summed E-state index contributed by atoms with van der Waals surface area (Å²) in [4.78, 5) is 9.03. The second-order valence-corrected chi connectivity index (χ2v) is 5.92. The largest absolute Gasteiger partial charge is 0.396 e. The van der Waals surface area contributed by atoms with Crippen molar-refractivity contribution in [3.05, 3.63) is 11.9 Å². The molecule has 1 heterocycles. The molecule has 0 amide bonds. The zero-order valence-corrected chi connectivity index (χ0v) is 12.7. The summed E-state index contributed by atoms with van der Waals surface area (Å²) in [6.45, 7) is 5.37. The maximum absolute atomic E-state index is 9.37. The predicted molar refractivity (Wildman–Crippen MR) is 82.1 cm³/mol. The highest BCUT2D eigenvalue weighted by Gasteiger charge is 2.26. The number of nitrogens with zero attached hydrogens (tertiary/aromatic N) is 2. The lowest BCUT2D eigenvalue weighted by atomic mass is 9.97. The van der Waals surface area contributed by atoms with Gasteiger partial charge in [0.15, 0.2) is 0 Å². The summed E-state index contributed by atoms with van der Waals surface area (Å²) in [6, 6.07) is 1.94. The highest BCUT2D eigenvalue weighted by atomic mass is 16.3. The number of aromatic nitrogens is 2. The van der Waals surface area contributed by atoms with Crippen molar-refractivity contribution in [2.45, 2.75) is 39.0 Å². The van der Waals surface area contributed by atoms with E-state index < -0.39 is 0 Å². The van der Waals surface area contributed by atoms with Crippen LogP contribution in [0, 0.1) is 11.8 Å². The SMILES string of the molecule is CNc1cc(NCC2CCCC2CO)nc(C(C)C)n1. The minimum atomic E-state index is 0.301. The van der Waals surface area contributed by atoms with Crippen LogP contribution < -0.4 is 10.6 Å². The van der Waals surface area contributed by atoms with E-state index >= 15 is 0 Å². The second-order valence-electron chi connectivity index (χ2n) is 5.92. The third-order valence-corrected chi connectivity index (χ3v) is 4.11. The molecule has 1 aromatic heterocycles. The van der Waals surface area contributed by atoms with Crippen LogP contribution in [0.5, 0.6) is 0 Å². The molecule has 1 aliphatic rings. The summed E-state index contributed by atoms with van der Waals surface area (Å²) in [6.07, 6.45) is 3.56. The minimum absolute atomic E-state index is 0.301. The van der Waals surface area contributed by atoms with Crippen LogP contribution >= 0.6 is 0 Å². The molecule has 5 heteroatoms. The quantitative estimate of drug-likeness (QED) is 0.745. The Balaban J connectivity index is 2.03. The fourth-order valence-corrected chi connectivity index (χ4v) is 2.80. The Morgan fingerprint density at radius 1 is 1.25 bits per heavy atom. The van der Waals surface area contributed by atoms with Gasteiger partial charge in [0.05, 0.1) is 0 Å². The molecule has 0 bridgehead atoms. The topological polar surface area (TPSA) is 70.1 Å². The van der Waals surface area contributed by atoms with Crippen molar-refractivity contribution in [1.29, 1.82) is 0 Å². The molecule has 0 aliphatic heterocycles. The molecule has 112 valence electrons. The van der Waals surface area contributed by atoms with Crippen LogP contribution in [0.1, 0.15) is 44.9 Å². The molecular formula is C15H26N4O. The maximum atomic E-state index is 9.37. The van der Waals surface area contributed by atoms with E-state index in [1.165, 1.54) is 12.8 Å². The molecule has 1 fully saturated rings. The van der Waals surface area contributed by atoms with Crippen molar-refractivity contribution in [2.24, 2.45) is 11.8 Å². The fraction of sp³-hybridized carbons (Fsp3) is 0.733. The minimum Gasteiger partial charge on any atom is -0.396 e. The van der Waals surface area contributed by atoms with Crippen LogP contribution in [-0.2, 0) is 0 Å². The van der Waals surface area contributed by atoms with Crippen LogP contribution in [0.2, 0.25) is 0 Å². The molecule has 2 atom stereocenters. The summed E-state index contributed by atoms with van der Waals surface area (Å²) in [7, 11) is 1.87. The number of nitrogens with one attached hydrogen (secondary N) is 2. The van der Waals surface area contributed by atoms with Crippen molar-refractivity contribution < 1.29 is 5.11 Å². The van der Waals surface area contributed by atoms with Crippen LogP contribution in [0.15, 0.2) is 6.07 Å². The number of hydrogen-bond donors (Lipinski definition) is 3. The van der Waals surface area contributed by atoms with E-state index in [9.17, 15) is 5.11 Å². The van der Waals surface area contributed by atoms with E-state index in [2.05, 4.69) is 34.4 Å². The Morgan fingerprint density at radius 3 is 2.60 bits per heavy atom. The summed E-state index contributed by atoms with van der Waals surface area (Å²) in [5.74, 6) is 3.87. The maximum Gasteiger partial charge on any atom is 0.135 e. The Labute approximate surface area is 121 Å². The fourth-order valence-electron chi connectivity index (χ4n) is 2.80. The van der Waals surface area contributed by atoms with Crippen molar-refractivity contribution >= 4 is 11.6 Å². The standard InChI is InChI=1S/C15H26N4O/c1-10(2)15-18-13(16-3)7-14(19-15)17-8-11-5-4-6-12(11)9-20/h7,10-12,20H,4-6,8-9H2,1-3H3,(H2,16,17,18,19). The summed E-state index contributed by atoms with van der Waals surface area (Å²) < 4.78 is 0. The zero-order valence-electron chi connectivity index (χ0n) is 12.7. The van der Waals surface area contributed by atoms with E-state index in [-0.39, 0.29) is 0 Å². The molecule has 2 rings (SSSR count). The normalized spacial score (nSPS) is 22.2. The molecule has 1 saturated carbocycles. The summed E-state index contributed by atoms with van der Waals surface area (Å²) >= 11 is 0. The number of rotatable bonds is 6. The zero-order chi connectivity index (χ0) is 14.5. The molecule has 2 unspecified atom stereocenters. The van der Waals surface area contributed by atoms with E-state index in [0.717, 1.165) is 30.4 Å². The van der Waals surface area contributed by atoms with Gasteiger partial charge >= 0.3 is 0 Å². The first-order chi connectivity index (χ1) is 9.63. The molecule has 1 aromatic rings. The van der Waals surface area contributed by atoms with Gasteiger partial charge in [-0.25, -0.2) is 9.97 Å². The van der Waals surface area contributed by atoms with Crippen molar-refractivity contribution in [2.75, 3.05) is 30.8 Å². The van der Waals surface area contributed by atoms with Crippen molar-refractivity contribution in [3.63, 3.8) is 0 Å². The van der Waals surface area contributed by atoms with Crippen LogP contribution in [0.3, 0.4) is 0 Å². The number of hydrogen-bond acceptors (Lipinski definition) is 5. The van der Waals surface area contributed by atoms with Crippen LogP contribution in [0.4, 0.5) is 11.6 Å². The van der Waals surface area contributed by atoms with Crippen molar-refractivity contribution in [1.82, 2.24) is 9.97 Å². The van der Waals surface area contributed by atoms with Gasteiger partial charge in [0.2, 0.25) is 0 Å². The van der Waals surface area contributed by atoms with Gasteiger partial charge in [-0.15, -0.1) is 0 Å². The highest BCUT2D eigenvalue weighted by molar-refractivity contribution is 5.47. The number of anilines is 2. The third kappa shape index (κ3) is 3.60. The Kier molecular flexibility index (Phi) is 5.17. The van der Waals surface area contributed by atoms with E-state index in [0.29, 0.717) is 24.4 Å². The molecule has 1 aliphatic carbocycles.